The summed E-state index contributed by atoms with van der Waals surface area (Å²) in [5.41, 5.74) is 0. The predicted octanol–water partition coefficient (Wildman–Crippen LogP) is 0.916. The van der Waals surface area contributed by atoms with Gasteiger partial charge in [0.2, 0.25) is 0 Å². The van der Waals surface area contributed by atoms with Crippen LogP contribution in [-0.2, 0) is 4.74 Å². The second-order valence-electron chi connectivity index (χ2n) is 3.83. The van der Waals surface area contributed by atoms with E-state index in [2.05, 4.69) is 5.32 Å². The fourth-order valence-corrected chi connectivity index (χ4v) is 1.61. The van der Waals surface area contributed by atoms with Gasteiger partial charge in [-0.05, 0) is 39.2 Å². The van der Waals surface area contributed by atoms with Crippen LogP contribution in [0.3, 0.4) is 0 Å². The van der Waals surface area contributed by atoms with Gasteiger partial charge >= 0.3 is 0 Å². The molecule has 1 aliphatic rings. The highest BCUT2D eigenvalue weighted by atomic mass is 16.5. The van der Waals surface area contributed by atoms with Crippen molar-refractivity contribution in [1.82, 2.24) is 5.32 Å². The molecule has 78 valence electrons. The van der Waals surface area contributed by atoms with Crippen LogP contribution < -0.4 is 5.32 Å². The van der Waals surface area contributed by atoms with Gasteiger partial charge in [-0.1, -0.05) is 0 Å². The first-order chi connectivity index (χ1) is 6.29. The number of nitrogens with one attached hydrogen (secondary N) is 1. The van der Waals surface area contributed by atoms with Gasteiger partial charge < -0.3 is 15.2 Å². The summed E-state index contributed by atoms with van der Waals surface area (Å²) in [7, 11) is 0. The number of hydrogen-bond acceptors (Lipinski definition) is 3. The van der Waals surface area contributed by atoms with Gasteiger partial charge in [0, 0.05) is 13.2 Å². The summed E-state index contributed by atoms with van der Waals surface area (Å²) in [5.74, 6) is 0. The predicted molar refractivity (Wildman–Crippen MR) is 52.8 cm³/mol. The van der Waals surface area contributed by atoms with E-state index >= 15 is 0 Å². The van der Waals surface area contributed by atoms with Crippen LogP contribution in [0.5, 0.6) is 0 Å². The molecule has 3 heteroatoms. The fourth-order valence-electron chi connectivity index (χ4n) is 1.61. The van der Waals surface area contributed by atoms with Gasteiger partial charge in [-0.2, -0.15) is 0 Å². The molecule has 0 spiro atoms. The van der Waals surface area contributed by atoms with Gasteiger partial charge in [0.05, 0.1) is 12.2 Å². The third kappa shape index (κ3) is 5.24. The zero-order valence-corrected chi connectivity index (χ0v) is 8.46. The third-order valence-corrected chi connectivity index (χ3v) is 2.36. The molecule has 0 aromatic heterocycles. The number of aliphatic hydroxyl groups excluding tert-OH is 1. The number of rotatable bonds is 5. The molecule has 1 unspecified atom stereocenters. The second-order valence-corrected chi connectivity index (χ2v) is 3.83. The first-order valence-corrected chi connectivity index (χ1v) is 5.29. The smallest absolute Gasteiger partial charge is 0.0636 e. The Morgan fingerprint density at radius 1 is 1.54 bits per heavy atom. The fraction of sp³-hybridized carbons (Fsp3) is 1.00. The van der Waals surface area contributed by atoms with Crippen LogP contribution in [0.1, 0.15) is 32.6 Å². The molecule has 13 heavy (non-hydrogen) atoms. The summed E-state index contributed by atoms with van der Waals surface area (Å²) in [6.07, 6.45) is 5.02. The van der Waals surface area contributed by atoms with E-state index in [0.29, 0.717) is 12.6 Å². The average molecular weight is 187 g/mol. The minimum Gasteiger partial charge on any atom is -0.392 e. The van der Waals surface area contributed by atoms with Crippen molar-refractivity contribution in [3.8, 4) is 0 Å². The first-order valence-electron chi connectivity index (χ1n) is 5.29. The Labute approximate surface area is 80.5 Å². The van der Waals surface area contributed by atoms with E-state index in [9.17, 15) is 0 Å². The Morgan fingerprint density at radius 3 is 3.00 bits per heavy atom. The Hall–Kier alpha value is -0.120. The molecule has 0 aliphatic carbocycles. The number of aliphatic hydroxyl groups is 1. The van der Waals surface area contributed by atoms with Crippen molar-refractivity contribution in [2.75, 3.05) is 19.7 Å². The van der Waals surface area contributed by atoms with Crippen LogP contribution in [0, 0.1) is 0 Å². The molecule has 1 fully saturated rings. The van der Waals surface area contributed by atoms with Gasteiger partial charge in [-0.3, -0.25) is 0 Å². The van der Waals surface area contributed by atoms with Crippen molar-refractivity contribution in [2.24, 2.45) is 0 Å². The van der Waals surface area contributed by atoms with Crippen LogP contribution in [0.25, 0.3) is 0 Å². The molecule has 0 radical (unpaired) electrons. The van der Waals surface area contributed by atoms with E-state index in [-0.39, 0.29) is 6.10 Å². The minimum absolute atomic E-state index is 0.243. The van der Waals surface area contributed by atoms with Crippen molar-refractivity contribution < 1.29 is 9.84 Å². The van der Waals surface area contributed by atoms with Crippen LogP contribution in [0.4, 0.5) is 0 Å². The maximum Gasteiger partial charge on any atom is 0.0636 e. The van der Waals surface area contributed by atoms with Gasteiger partial charge in [0.25, 0.3) is 0 Å². The summed E-state index contributed by atoms with van der Waals surface area (Å²) in [5, 5.41) is 12.2. The summed E-state index contributed by atoms with van der Waals surface area (Å²) in [4.78, 5) is 0. The van der Waals surface area contributed by atoms with E-state index in [4.69, 9.17) is 9.84 Å². The highest BCUT2D eigenvalue weighted by molar-refractivity contribution is 4.65. The summed E-state index contributed by atoms with van der Waals surface area (Å²) in [6, 6.07) is 0. The Morgan fingerprint density at radius 2 is 2.38 bits per heavy atom. The van der Waals surface area contributed by atoms with E-state index in [1.165, 1.54) is 19.3 Å². The summed E-state index contributed by atoms with van der Waals surface area (Å²) in [6.45, 7) is 4.37. The third-order valence-electron chi connectivity index (χ3n) is 2.36. The van der Waals surface area contributed by atoms with Crippen LogP contribution >= 0.6 is 0 Å². The normalized spacial score (nSPS) is 25.8. The molecule has 2 N–H and O–H groups in total. The largest absolute Gasteiger partial charge is 0.392 e. The molecule has 1 saturated heterocycles. The molecular weight excluding hydrogens is 166 g/mol. The lowest BCUT2D eigenvalue weighted by Crippen LogP contribution is -2.29. The summed E-state index contributed by atoms with van der Waals surface area (Å²) < 4.78 is 5.58. The van der Waals surface area contributed by atoms with Crippen molar-refractivity contribution >= 4 is 0 Å². The monoisotopic (exact) mass is 187 g/mol. The molecule has 0 aromatic carbocycles. The van der Waals surface area contributed by atoms with Gasteiger partial charge in [-0.15, -0.1) is 0 Å². The molecule has 0 bridgehead atoms. The standard InChI is InChI=1S/C10H21NO2/c1-9(12)8-11-6-5-10-4-2-3-7-13-10/h9-12H,2-8H2,1H3/t9-,10?/m0/s1. The van der Waals surface area contributed by atoms with E-state index in [0.717, 1.165) is 19.6 Å². The quantitative estimate of drug-likeness (QED) is 0.629. The van der Waals surface area contributed by atoms with Gasteiger partial charge in [0.15, 0.2) is 0 Å². The zero-order chi connectivity index (χ0) is 9.52. The molecule has 1 heterocycles. The molecule has 1 rings (SSSR count). The van der Waals surface area contributed by atoms with Crippen molar-refractivity contribution in [1.29, 1.82) is 0 Å². The zero-order valence-electron chi connectivity index (χ0n) is 8.46. The Bertz CT molecular complexity index is 122. The average Bonchev–Trinajstić information content (AvgIpc) is 2.14. The van der Waals surface area contributed by atoms with E-state index < -0.39 is 0 Å². The van der Waals surface area contributed by atoms with E-state index in [1.54, 1.807) is 6.92 Å². The number of hydrogen-bond donors (Lipinski definition) is 2. The molecule has 3 nitrogen and oxygen atoms in total. The lowest BCUT2D eigenvalue weighted by atomic mass is 10.1. The van der Waals surface area contributed by atoms with E-state index in [1.807, 2.05) is 0 Å². The lowest BCUT2D eigenvalue weighted by Gasteiger charge is -2.22. The molecule has 0 aromatic rings. The Balaban J connectivity index is 1.92. The maximum atomic E-state index is 9.00. The topological polar surface area (TPSA) is 41.5 Å². The van der Waals surface area contributed by atoms with Crippen LogP contribution in [0.2, 0.25) is 0 Å². The molecule has 1 aliphatic heterocycles. The van der Waals surface area contributed by atoms with Crippen molar-refractivity contribution in [3.63, 3.8) is 0 Å². The molecule has 2 atom stereocenters. The highest BCUT2D eigenvalue weighted by Gasteiger charge is 2.12. The molecule has 0 amide bonds. The van der Waals surface area contributed by atoms with Gasteiger partial charge in [0.1, 0.15) is 0 Å². The summed E-state index contributed by atoms with van der Waals surface area (Å²) >= 11 is 0. The SMILES string of the molecule is C[C@H](O)CNCCC1CCCCO1. The Kier molecular flexibility index (Phi) is 5.35. The maximum absolute atomic E-state index is 9.00. The second kappa shape index (κ2) is 6.35. The van der Waals surface area contributed by atoms with Crippen LogP contribution in [-0.4, -0.2) is 37.0 Å². The molecular formula is C10H21NO2. The first kappa shape index (κ1) is 11.0. The highest BCUT2D eigenvalue weighted by Crippen LogP contribution is 2.14. The van der Waals surface area contributed by atoms with Gasteiger partial charge in [-0.25, -0.2) is 0 Å². The van der Waals surface area contributed by atoms with Crippen molar-refractivity contribution in [3.05, 3.63) is 0 Å². The number of ether oxygens (including phenoxy) is 1. The lowest BCUT2D eigenvalue weighted by molar-refractivity contribution is 0.0112. The minimum atomic E-state index is -0.243. The molecule has 0 saturated carbocycles. The van der Waals surface area contributed by atoms with Crippen molar-refractivity contribution in [2.45, 2.75) is 44.8 Å². The van der Waals surface area contributed by atoms with Crippen LogP contribution in [0.15, 0.2) is 0 Å².